The molecule has 110 valence electrons. The van der Waals surface area contributed by atoms with Gasteiger partial charge < -0.3 is 9.73 Å². The molecule has 0 saturated heterocycles. The van der Waals surface area contributed by atoms with Gasteiger partial charge in [-0.25, -0.2) is 0 Å². The summed E-state index contributed by atoms with van der Waals surface area (Å²) in [6, 6.07) is 8.35. The second-order valence-corrected chi connectivity index (χ2v) is 4.84. The minimum atomic E-state index is -0.501. The molecule has 0 aliphatic rings. The molecule has 2 aromatic rings. The van der Waals surface area contributed by atoms with E-state index in [1.54, 1.807) is 19.1 Å². The molecule has 6 heteroatoms. The van der Waals surface area contributed by atoms with Crippen LogP contribution in [0.1, 0.15) is 23.5 Å². The summed E-state index contributed by atoms with van der Waals surface area (Å²) in [6.07, 6.45) is 0.664. The average Bonchev–Trinajstić information content (AvgIpc) is 2.84. The lowest BCUT2D eigenvalue weighted by atomic mass is 10.2. The van der Waals surface area contributed by atoms with Gasteiger partial charge in [-0.15, -0.1) is 0 Å². The highest BCUT2D eigenvalue weighted by atomic mass is 16.6. The normalized spacial score (nSPS) is 10.4. The van der Waals surface area contributed by atoms with Gasteiger partial charge in [-0.05, 0) is 37.6 Å². The van der Waals surface area contributed by atoms with Crippen LogP contribution in [0.2, 0.25) is 0 Å². The lowest BCUT2D eigenvalue weighted by Crippen LogP contribution is -2.13. The van der Waals surface area contributed by atoms with Crippen molar-refractivity contribution in [1.82, 2.24) is 0 Å². The summed E-state index contributed by atoms with van der Waals surface area (Å²) < 4.78 is 5.37. The van der Waals surface area contributed by atoms with Crippen LogP contribution in [-0.2, 0) is 11.2 Å². The third-order valence-corrected chi connectivity index (χ3v) is 3.02. The number of carbonyl (C=O) groups is 1. The minimum absolute atomic E-state index is 0.0998. The first-order valence-corrected chi connectivity index (χ1v) is 6.56. The van der Waals surface area contributed by atoms with Crippen LogP contribution in [0.15, 0.2) is 34.7 Å². The van der Waals surface area contributed by atoms with E-state index < -0.39 is 4.92 Å². The number of hydrogen-bond acceptors (Lipinski definition) is 4. The van der Waals surface area contributed by atoms with Gasteiger partial charge in [0.2, 0.25) is 5.91 Å². The molecular formula is C15H16N2O4. The fourth-order valence-corrected chi connectivity index (χ4v) is 1.97. The van der Waals surface area contributed by atoms with Crippen molar-refractivity contribution in [1.29, 1.82) is 0 Å². The fraction of sp³-hybridized carbons (Fsp3) is 0.267. The topological polar surface area (TPSA) is 85.4 Å². The molecule has 0 spiro atoms. The van der Waals surface area contributed by atoms with Gasteiger partial charge in [0.05, 0.1) is 4.92 Å². The SMILES string of the molecule is Cc1ccc(NC(=O)CCc2ccc(C)o2)c([N+](=O)[O-])c1. The first kappa shape index (κ1) is 14.8. The molecule has 1 heterocycles. The van der Waals surface area contributed by atoms with Gasteiger partial charge in [0.1, 0.15) is 17.2 Å². The van der Waals surface area contributed by atoms with Crippen LogP contribution >= 0.6 is 0 Å². The standard InChI is InChI=1S/C15H16N2O4/c1-10-3-7-13(14(9-10)17(19)20)16-15(18)8-6-12-5-4-11(2)21-12/h3-5,7,9H,6,8H2,1-2H3,(H,16,18). The smallest absolute Gasteiger partial charge is 0.293 e. The Morgan fingerprint density at radius 2 is 2.05 bits per heavy atom. The fourth-order valence-electron chi connectivity index (χ4n) is 1.97. The number of nitro benzene ring substituents is 1. The summed E-state index contributed by atoms with van der Waals surface area (Å²) in [5.74, 6) is 1.23. The lowest BCUT2D eigenvalue weighted by Gasteiger charge is -2.06. The highest BCUT2D eigenvalue weighted by Gasteiger charge is 2.16. The number of carbonyl (C=O) groups excluding carboxylic acids is 1. The summed E-state index contributed by atoms with van der Waals surface area (Å²) in [5.41, 5.74) is 0.883. The molecule has 6 nitrogen and oxygen atoms in total. The van der Waals surface area contributed by atoms with E-state index >= 15 is 0 Å². The number of nitrogens with zero attached hydrogens (tertiary/aromatic N) is 1. The first-order valence-electron chi connectivity index (χ1n) is 6.56. The summed E-state index contributed by atoms with van der Waals surface area (Å²) in [4.78, 5) is 22.4. The predicted octanol–water partition coefficient (Wildman–Crippen LogP) is 3.38. The summed E-state index contributed by atoms with van der Waals surface area (Å²) in [7, 11) is 0. The molecule has 1 aromatic heterocycles. The van der Waals surface area contributed by atoms with Crippen LogP contribution in [0.4, 0.5) is 11.4 Å². The van der Waals surface area contributed by atoms with Crippen molar-refractivity contribution in [2.24, 2.45) is 0 Å². The monoisotopic (exact) mass is 288 g/mol. The van der Waals surface area contributed by atoms with Gasteiger partial charge in [-0.1, -0.05) is 6.07 Å². The average molecular weight is 288 g/mol. The van der Waals surface area contributed by atoms with E-state index in [4.69, 9.17) is 4.42 Å². The van der Waals surface area contributed by atoms with Crippen molar-refractivity contribution >= 4 is 17.3 Å². The lowest BCUT2D eigenvalue weighted by molar-refractivity contribution is -0.384. The Labute approximate surface area is 121 Å². The van der Waals surface area contributed by atoms with Gasteiger partial charge in [-0.3, -0.25) is 14.9 Å². The Morgan fingerprint density at radius 3 is 2.67 bits per heavy atom. The van der Waals surface area contributed by atoms with E-state index in [0.29, 0.717) is 6.42 Å². The third kappa shape index (κ3) is 3.92. The second kappa shape index (κ2) is 6.21. The highest BCUT2D eigenvalue weighted by molar-refractivity contribution is 5.93. The van der Waals surface area contributed by atoms with Crippen molar-refractivity contribution in [3.63, 3.8) is 0 Å². The van der Waals surface area contributed by atoms with Crippen LogP contribution in [0, 0.1) is 24.0 Å². The Kier molecular flexibility index (Phi) is 4.37. The molecule has 1 amide bonds. The summed E-state index contributed by atoms with van der Waals surface area (Å²) in [6.45, 7) is 3.59. The highest BCUT2D eigenvalue weighted by Crippen LogP contribution is 2.25. The molecule has 0 fully saturated rings. The molecule has 0 unspecified atom stereocenters. The second-order valence-electron chi connectivity index (χ2n) is 4.84. The van der Waals surface area contributed by atoms with Gasteiger partial charge >= 0.3 is 0 Å². The maximum Gasteiger partial charge on any atom is 0.293 e. The quantitative estimate of drug-likeness (QED) is 0.675. The molecule has 0 aliphatic heterocycles. The third-order valence-electron chi connectivity index (χ3n) is 3.02. The maximum absolute atomic E-state index is 11.9. The number of rotatable bonds is 5. The van der Waals surface area contributed by atoms with Gasteiger partial charge in [0.15, 0.2) is 0 Å². The zero-order valence-corrected chi connectivity index (χ0v) is 11.9. The van der Waals surface area contributed by atoms with E-state index in [9.17, 15) is 14.9 Å². The van der Waals surface area contributed by atoms with Gasteiger partial charge in [0.25, 0.3) is 5.69 Å². The number of furan rings is 1. The van der Waals surface area contributed by atoms with Gasteiger partial charge in [0, 0.05) is 18.9 Å². The molecule has 1 aromatic carbocycles. The number of aryl methyl sites for hydroxylation is 3. The number of nitrogens with one attached hydrogen (secondary N) is 1. The zero-order valence-electron chi connectivity index (χ0n) is 11.9. The molecule has 21 heavy (non-hydrogen) atoms. The van der Waals surface area contributed by atoms with Crippen LogP contribution < -0.4 is 5.32 Å². The van der Waals surface area contributed by atoms with Crippen LogP contribution in [0.5, 0.6) is 0 Å². The minimum Gasteiger partial charge on any atom is -0.466 e. The van der Waals surface area contributed by atoms with E-state index in [-0.39, 0.29) is 23.7 Å². The largest absolute Gasteiger partial charge is 0.466 e. The van der Waals surface area contributed by atoms with Crippen LogP contribution in [0.25, 0.3) is 0 Å². The first-order chi connectivity index (χ1) is 9.95. The molecule has 2 rings (SSSR count). The molecule has 0 aliphatic carbocycles. The van der Waals surface area contributed by atoms with Crippen molar-refractivity contribution in [3.8, 4) is 0 Å². The van der Waals surface area contributed by atoms with Crippen LogP contribution in [0.3, 0.4) is 0 Å². The molecule has 0 atom stereocenters. The van der Waals surface area contributed by atoms with E-state index in [2.05, 4.69) is 5.32 Å². The number of anilines is 1. The Bertz CT molecular complexity index is 676. The molecule has 0 bridgehead atoms. The van der Waals surface area contributed by atoms with Gasteiger partial charge in [-0.2, -0.15) is 0 Å². The molecular weight excluding hydrogens is 272 g/mol. The number of benzene rings is 1. The Balaban J connectivity index is 2.01. The summed E-state index contributed by atoms with van der Waals surface area (Å²) in [5, 5.41) is 13.6. The van der Waals surface area contributed by atoms with Crippen molar-refractivity contribution in [3.05, 3.63) is 57.5 Å². The Morgan fingerprint density at radius 1 is 1.29 bits per heavy atom. The molecule has 0 radical (unpaired) electrons. The molecule has 1 N–H and O–H groups in total. The van der Waals surface area contributed by atoms with E-state index in [1.807, 2.05) is 19.1 Å². The van der Waals surface area contributed by atoms with Crippen molar-refractivity contribution in [2.75, 3.05) is 5.32 Å². The van der Waals surface area contributed by atoms with Crippen LogP contribution in [-0.4, -0.2) is 10.8 Å². The van der Waals surface area contributed by atoms with Crippen molar-refractivity contribution in [2.45, 2.75) is 26.7 Å². The molecule has 0 saturated carbocycles. The Hall–Kier alpha value is -2.63. The van der Waals surface area contributed by atoms with E-state index in [0.717, 1.165) is 17.1 Å². The zero-order chi connectivity index (χ0) is 15.4. The summed E-state index contributed by atoms with van der Waals surface area (Å²) >= 11 is 0. The predicted molar refractivity (Wildman–Crippen MR) is 78.2 cm³/mol. The van der Waals surface area contributed by atoms with Crippen molar-refractivity contribution < 1.29 is 14.1 Å². The number of hydrogen-bond donors (Lipinski definition) is 1. The van der Waals surface area contributed by atoms with E-state index in [1.165, 1.54) is 6.07 Å². The number of nitro groups is 1. The number of amides is 1. The maximum atomic E-state index is 11.9.